The van der Waals surface area contributed by atoms with Crippen molar-refractivity contribution in [1.82, 2.24) is 4.98 Å². The highest BCUT2D eigenvalue weighted by molar-refractivity contribution is 6.86. The van der Waals surface area contributed by atoms with Crippen molar-refractivity contribution in [3.8, 4) is 0 Å². The van der Waals surface area contributed by atoms with Gasteiger partial charge in [0.25, 0.3) is 0 Å². The molecule has 1 aromatic heterocycles. The zero-order valence-electron chi connectivity index (χ0n) is 14.6. The van der Waals surface area contributed by atoms with E-state index in [1.54, 1.807) is 0 Å². The normalized spacial score (nSPS) is 12.0. The van der Waals surface area contributed by atoms with Crippen molar-refractivity contribution in [1.29, 1.82) is 0 Å². The lowest BCUT2D eigenvalue weighted by atomic mass is 9.33. The smallest absolute Gasteiger partial charge is 0.218 e. The maximum Gasteiger partial charge on any atom is 0.218 e. The van der Waals surface area contributed by atoms with Gasteiger partial charge in [-0.2, -0.15) is 0 Å². The van der Waals surface area contributed by atoms with E-state index in [0.717, 1.165) is 26.9 Å². The molecule has 1 atom stereocenters. The molecule has 0 saturated carbocycles. The number of benzene rings is 2. The fourth-order valence-corrected chi connectivity index (χ4v) is 3.57. The van der Waals surface area contributed by atoms with Gasteiger partial charge in [0.15, 0.2) is 0 Å². The summed E-state index contributed by atoms with van der Waals surface area (Å²) in [6, 6.07) is 18.6. The molecule has 1 unspecified atom stereocenters. The van der Waals surface area contributed by atoms with Crippen LogP contribution in [0.25, 0.3) is 0 Å². The highest BCUT2D eigenvalue weighted by Gasteiger charge is 2.28. The van der Waals surface area contributed by atoms with E-state index in [4.69, 9.17) is 23.2 Å². The second kappa shape index (κ2) is 7.64. The fourth-order valence-electron chi connectivity index (χ4n) is 3.19. The van der Waals surface area contributed by atoms with Crippen LogP contribution in [0.2, 0.25) is 10.0 Å². The average molecular weight is 368 g/mol. The van der Waals surface area contributed by atoms with Gasteiger partial charge in [0, 0.05) is 21.9 Å². The third-order valence-corrected chi connectivity index (χ3v) is 5.58. The standard InChI is InChI=1S/C21H20BCl2N/c1-14-7-9-17(12-19(14)23)22(16(3)21-6-4-5-11-25-21)18-10-8-15(2)20(24)13-18/h4-13,16H,1-3H3. The zero-order chi connectivity index (χ0) is 18.0. The second-order valence-corrected chi connectivity index (χ2v) is 7.35. The predicted molar refractivity (Wildman–Crippen MR) is 110 cm³/mol. The Bertz CT molecular complexity index is 829. The van der Waals surface area contributed by atoms with Gasteiger partial charge in [-0.25, -0.2) is 0 Å². The van der Waals surface area contributed by atoms with E-state index in [-0.39, 0.29) is 12.5 Å². The molecule has 0 aliphatic heterocycles. The first-order valence-corrected chi connectivity index (χ1v) is 9.16. The van der Waals surface area contributed by atoms with E-state index in [2.05, 4.69) is 54.4 Å². The molecule has 0 aliphatic carbocycles. The van der Waals surface area contributed by atoms with Gasteiger partial charge in [0.05, 0.1) is 0 Å². The molecule has 0 amide bonds. The van der Waals surface area contributed by atoms with Crippen LogP contribution >= 0.6 is 23.2 Å². The summed E-state index contributed by atoms with van der Waals surface area (Å²) in [5, 5.41) is 1.57. The topological polar surface area (TPSA) is 12.9 Å². The molecule has 126 valence electrons. The number of hydrogen-bond donors (Lipinski definition) is 0. The lowest BCUT2D eigenvalue weighted by Crippen LogP contribution is -2.47. The summed E-state index contributed by atoms with van der Waals surface area (Å²) in [7, 11) is 0. The Morgan fingerprint density at radius 2 is 1.40 bits per heavy atom. The van der Waals surface area contributed by atoms with Crippen molar-refractivity contribution in [2.45, 2.75) is 26.6 Å². The Morgan fingerprint density at radius 1 is 0.840 bits per heavy atom. The van der Waals surface area contributed by atoms with Gasteiger partial charge in [-0.1, -0.05) is 71.4 Å². The highest BCUT2D eigenvalue weighted by Crippen LogP contribution is 2.21. The molecule has 1 nitrogen and oxygen atoms in total. The molecule has 1 heterocycles. The Kier molecular flexibility index (Phi) is 5.51. The quantitative estimate of drug-likeness (QED) is 0.594. The van der Waals surface area contributed by atoms with Gasteiger partial charge < -0.3 is 0 Å². The van der Waals surface area contributed by atoms with Gasteiger partial charge in [0.1, 0.15) is 0 Å². The minimum Gasteiger partial charge on any atom is -0.262 e. The van der Waals surface area contributed by atoms with Crippen molar-refractivity contribution in [3.63, 3.8) is 0 Å². The van der Waals surface area contributed by atoms with E-state index in [1.165, 1.54) is 10.9 Å². The van der Waals surface area contributed by atoms with Crippen LogP contribution in [-0.4, -0.2) is 11.7 Å². The molecule has 0 bridgehead atoms. The first-order chi connectivity index (χ1) is 12.0. The molecule has 2 aromatic carbocycles. The van der Waals surface area contributed by atoms with Crippen LogP contribution in [0.15, 0.2) is 60.8 Å². The van der Waals surface area contributed by atoms with Crippen LogP contribution in [0.3, 0.4) is 0 Å². The SMILES string of the molecule is Cc1ccc(B(c2ccc(C)c(Cl)c2)C(C)c2ccccn2)cc1Cl. The monoisotopic (exact) mass is 367 g/mol. The Labute approximate surface area is 160 Å². The molecule has 0 spiro atoms. The maximum absolute atomic E-state index is 6.41. The molecule has 25 heavy (non-hydrogen) atoms. The molecule has 4 heteroatoms. The first kappa shape index (κ1) is 18.0. The molecular weight excluding hydrogens is 348 g/mol. The summed E-state index contributed by atoms with van der Waals surface area (Å²) in [5.74, 6) is 0.193. The Balaban J connectivity index is 2.13. The summed E-state index contributed by atoms with van der Waals surface area (Å²) in [6.45, 7) is 6.37. The molecule has 0 saturated heterocycles. The van der Waals surface area contributed by atoms with Crippen LogP contribution < -0.4 is 10.9 Å². The number of aryl methyl sites for hydroxylation is 2. The number of rotatable bonds is 4. The summed E-state index contributed by atoms with van der Waals surface area (Å²) in [6.07, 6.45) is 1.84. The Morgan fingerprint density at radius 3 is 1.84 bits per heavy atom. The molecule has 3 aromatic rings. The van der Waals surface area contributed by atoms with Crippen molar-refractivity contribution >= 4 is 40.8 Å². The summed E-state index contributed by atoms with van der Waals surface area (Å²) in [5.41, 5.74) is 5.57. The largest absolute Gasteiger partial charge is 0.262 e. The second-order valence-electron chi connectivity index (χ2n) is 6.54. The van der Waals surface area contributed by atoms with E-state index in [9.17, 15) is 0 Å². The van der Waals surface area contributed by atoms with Crippen LogP contribution in [0.4, 0.5) is 0 Å². The lowest BCUT2D eigenvalue weighted by molar-refractivity contribution is 0.977. The van der Waals surface area contributed by atoms with Crippen molar-refractivity contribution in [2.24, 2.45) is 0 Å². The molecule has 0 fully saturated rings. The maximum atomic E-state index is 6.41. The number of nitrogens with zero attached hydrogens (tertiary/aromatic N) is 1. The molecular formula is C21H20BCl2N. The third-order valence-electron chi connectivity index (χ3n) is 4.76. The van der Waals surface area contributed by atoms with Crippen molar-refractivity contribution in [3.05, 3.63) is 87.7 Å². The number of halogens is 2. The summed E-state index contributed by atoms with van der Waals surface area (Å²) in [4.78, 5) is 4.56. The minimum absolute atomic E-state index is 0.131. The molecule has 3 rings (SSSR count). The van der Waals surface area contributed by atoms with Gasteiger partial charge in [-0.05, 0) is 55.1 Å². The van der Waals surface area contributed by atoms with Crippen molar-refractivity contribution in [2.75, 3.05) is 0 Å². The van der Waals surface area contributed by atoms with E-state index in [1.807, 2.05) is 32.2 Å². The Hall–Kier alpha value is -1.77. The summed E-state index contributed by atoms with van der Waals surface area (Å²) < 4.78 is 0. The first-order valence-electron chi connectivity index (χ1n) is 8.40. The van der Waals surface area contributed by atoms with Crippen LogP contribution in [-0.2, 0) is 0 Å². The highest BCUT2D eigenvalue weighted by atomic mass is 35.5. The minimum atomic E-state index is 0.131. The number of pyridine rings is 1. The third kappa shape index (κ3) is 3.91. The van der Waals surface area contributed by atoms with E-state index in [0.29, 0.717) is 0 Å². The van der Waals surface area contributed by atoms with Crippen molar-refractivity contribution < 1.29 is 0 Å². The van der Waals surface area contributed by atoms with Crippen LogP contribution in [0.1, 0.15) is 29.6 Å². The predicted octanol–water partition coefficient (Wildman–Crippen LogP) is 4.96. The van der Waals surface area contributed by atoms with E-state index < -0.39 is 0 Å². The van der Waals surface area contributed by atoms with Gasteiger partial charge in [-0.3, -0.25) is 4.98 Å². The van der Waals surface area contributed by atoms with Gasteiger partial charge in [0.2, 0.25) is 6.71 Å². The molecule has 0 radical (unpaired) electrons. The number of hydrogen-bond acceptors (Lipinski definition) is 1. The van der Waals surface area contributed by atoms with Crippen LogP contribution in [0.5, 0.6) is 0 Å². The zero-order valence-corrected chi connectivity index (χ0v) is 16.1. The van der Waals surface area contributed by atoms with Gasteiger partial charge >= 0.3 is 0 Å². The average Bonchev–Trinajstić information content (AvgIpc) is 2.62. The summed E-state index contributed by atoms with van der Waals surface area (Å²) >= 11 is 12.8. The fraction of sp³-hybridized carbons (Fsp3) is 0.190. The van der Waals surface area contributed by atoms with E-state index >= 15 is 0 Å². The molecule has 0 N–H and O–H groups in total. The molecule has 0 aliphatic rings. The van der Waals surface area contributed by atoms with Crippen LogP contribution in [0, 0.1) is 13.8 Å². The lowest BCUT2D eigenvalue weighted by Gasteiger charge is -2.23. The number of aromatic nitrogens is 1. The van der Waals surface area contributed by atoms with Gasteiger partial charge in [-0.15, -0.1) is 0 Å².